The predicted octanol–water partition coefficient (Wildman–Crippen LogP) is 3.86. The molecule has 1 fully saturated rings. The van der Waals surface area contributed by atoms with Crippen LogP contribution >= 0.6 is 11.6 Å². The van der Waals surface area contributed by atoms with Gasteiger partial charge in [0.2, 0.25) is 0 Å². The molecule has 1 saturated heterocycles. The maximum atomic E-state index is 13.4. The van der Waals surface area contributed by atoms with Crippen LogP contribution in [0.4, 0.5) is 10.1 Å². The zero-order valence-electron chi connectivity index (χ0n) is 13.6. The summed E-state index contributed by atoms with van der Waals surface area (Å²) in [6.07, 6.45) is 2.44. The number of aliphatic hydroxyl groups excluding tert-OH is 1. The second-order valence-corrected chi connectivity index (χ2v) is 6.53. The average Bonchev–Trinajstić information content (AvgIpc) is 3.12. The Hall–Kier alpha value is -1.62. The van der Waals surface area contributed by atoms with Gasteiger partial charge < -0.3 is 15.3 Å². The number of hydrogen-bond acceptors (Lipinski definition) is 3. The number of aliphatic hydroxyl groups is 1. The number of benzene rings is 2. The third-order valence-electron chi connectivity index (χ3n) is 4.45. The van der Waals surface area contributed by atoms with E-state index in [4.69, 9.17) is 16.7 Å². The Morgan fingerprint density at radius 1 is 1.12 bits per heavy atom. The topological polar surface area (TPSA) is 35.5 Å². The Kier molecular flexibility index (Phi) is 5.72. The van der Waals surface area contributed by atoms with Gasteiger partial charge in [-0.2, -0.15) is 0 Å². The molecule has 0 aromatic heterocycles. The highest BCUT2D eigenvalue weighted by Gasteiger charge is 2.17. The van der Waals surface area contributed by atoms with E-state index in [0.717, 1.165) is 29.2 Å². The van der Waals surface area contributed by atoms with E-state index < -0.39 is 0 Å². The minimum atomic E-state index is -0.372. The van der Waals surface area contributed by atoms with Crippen molar-refractivity contribution in [2.24, 2.45) is 0 Å². The third kappa shape index (κ3) is 3.89. The zero-order valence-corrected chi connectivity index (χ0v) is 14.3. The summed E-state index contributed by atoms with van der Waals surface area (Å²) >= 11 is 6.41. The van der Waals surface area contributed by atoms with Gasteiger partial charge in [-0.1, -0.05) is 23.7 Å². The molecule has 3 rings (SSSR count). The molecule has 0 radical (unpaired) electrons. The second kappa shape index (κ2) is 7.97. The molecule has 0 atom stereocenters. The van der Waals surface area contributed by atoms with Gasteiger partial charge in [-0.3, -0.25) is 0 Å². The predicted molar refractivity (Wildman–Crippen MR) is 95.8 cm³/mol. The summed E-state index contributed by atoms with van der Waals surface area (Å²) in [5, 5.41) is 13.3. The average molecular weight is 349 g/mol. The van der Waals surface area contributed by atoms with Gasteiger partial charge in [-0.05, 0) is 42.7 Å². The molecule has 2 N–H and O–H groups in total. The molecule has 3 nitrogen and oxygen atoms in total. The number of rotatable bonds is 6. The third-order valence-corrected chi connectivity index (χ3v) is 4.81. The molecule has 5 heteroatoms. The molecule has 0 saturated carbocycles. The number of anilines is 1. The van der Waals surface area contributed by atoms with E-state index in [1.54, 1.807) is 12.1 Å². The van der Waals surface area contributed by atoms with E-state index in [9.17, 15) is 4.39 Å². The van der Waals surface area contributed by atoms with Crippen LogP contribution in [0.2, 0.25) is 5.02 Å². The lowest BCUT2D eigenvalue weighted by Gasteiger charge is -2.22. The first-order valence-corrected chi connectivity index (χ1v) is 8.68. The maximum absolute atomic E-state index is 13.4. The normalized spacial score (nSPS) is 14.4. The Balaban J connectivity index is 1.68. The van der Waals surface area contributed by atoms with Crippen LogP contribution in [0.1, 0.15) is 29.5 Å². The van der Waals surface area contributed by atoms with Gasteiger partial charge >= 0.3 is 0 Å². The summed E-state index contributed by atoms with van der Waals surface area (Å²) in [6, 6.07) is 10.8. The van der Waals surface area contributed by atoms with Crippen LogP contribution < -0.4 is 10.2 Å². The van der Waals surface area contributed by atoms with Crippen molar-refractivity contribution in [3.63, 3.8) is 0 Å². The molecule has 0 spiro atoms. The number of nitrogens with one attached hydrogen (secondary N) is 1. The van der Waals surface area contributed by atoms with Crippen molar-refractivity contribution in [3.8, 4) is 0 Å². The van der Waals surface area contributed by atoms with E-state index >= 15 is 0 Å². The Bertz CT molecular complexity index is 702. The van der Waals surface area contributed by atoms with Crippen molar-refractivity contribution in [1.29, 1.82) is 0 Å². The maximum Gasteiger partial charge on any atom is 0.128 e. The first-order valence-electron chi connectivity index (χ1n) is 8.30. The molecular formula is C19H22ClFN2O. The number of nitrogens with zero attached hydrogens (tertiary/aromatic N) is 1. The highest BCUT2D eigenvalue weighted by atomic mass is 35.5. The van der Waals surface area contributed by atoms with Gasteiger partial charge in [0.25, 0.3) is 0 Å². The molecule has 0 aliphatic carbocycles. The molecule has 24 heavy (non-hydrogen) atoms. The van der Waals surface area contributed by atoms with E-state index in [1.165, 1.54) is 24.6 Å². The summed E-state index contributed by atoms with van der Waals surface area (Å²) in [7, 11) is 0. The summed E-state index contributed by atoms with van der Waals surface area (Å²) in [5.41, 5.74) is 3.56. The lowest BCUT2D eigenvalue weighted by molar-refractivity contribution is 0.275. The molecule has 0 bridgehead atoms. The largest absolute Gasteiger partial charge is 0.392 e. The lowest BCUT2D eigenvalue weighted by Crippen LogP contribution is -2.22. The van der Waals surface area contributed by atoms with Crippen molar-refractivity contribution >= 4 is 17.3 Å². The van der Waals surface area contributed by atoms with Crippen LogP contribution in [0.25, 0.3) is 0 Å². The minimum Gasteiger partial charge on any atom is -0.392 e. The lowest BCUT2D eigenvalue weighted by atomic mass is 10.1. The highest BCUT2D eigenvalue weighted by molar-refractivity contribution is 6.31. The minimum absolute atomic E-state index is 0.288. The van der Waals surface area contributed by atoms with Crippen LogP contribution in [0.3, 0.4) is 0 Å². The molecule has 0 unspecified atom stereocenters. The van der Waals surface area contributed by atoms with Crippen molar-refractivity contribution in [3.05, 3.63) is 63.9 Å². The fraction of sp³-hybridized carbons (Fsp3) is 0.368. The molecule has 2 aromatic rings. The monoisotopic (exact) mass is 348 g/mol. The Morgan fingerprint density at radius 2 is 1.92 bits per heavy atom. The smallest absolute Gasteiger partial charge is 0.128 e. The molecule has 2 aromatic carbocycles. The van der Waals surface area contributed by atoms with Gasteiger partial charge in [0, 0.05) is 48.0 Å². The molecular weight excluding hydrogens is 327 g/mol. The Labute approximate surface area is 147 Å². The molecule has 128 valence electrons. The Morgan fingerprint density at radius 3 is 2.67 bits per heavy atom. The molecule has 1 heterocycles. The van der Waals surface area contributed by atoms with E-state index in [0.29, 0.717) is 18.7 Å². The van der Waals surface area contributed by atoms with Crippen molar-refractivity contribution in [1.82, 2.24) is 5.32 Å². The molecule has 1 aliphatic heterocycles. The van der Waals surface area contributed by atoms with E-state index in [1.807, 2.05) is 12.1 Å². The van der Waals surface area contributed by atoms with Gasteiger partial charge in [0.15, 0.2) is 0 Å². The molecule has 0 amide bonds. The van der Waals surface area contributed by atoms with Crippen LogP contribution in [-0.2, 0) is 19.7 Å². The molecule has 1 aliphatic rings. The highest BCUT2D eigenvalue weighted by Crippen LogP contribution is 2.30. The SMILES string of the molecule is OCc1cc(CNCc2c(Cl)cccc2N2CCCC2)ccc1F. The van der Waals surface area contributed by atoms with Crippen LogP contribution in [-0.4, -0.2) is 18.2 Å². The fourth-order valence-electron chi connectivity index (χ4n) is 3.17. The standard InChI is InChI=1S/C19H22ClFN2O/c20-17-4-3-5-19(23-8-1-2-9-23)16(17)12-22-11-14-6-7-18(21)15(10-14)13-24/h3-7,10,22,24H,1-2,8-9,11-13H2. The second-order valence-electron chi connectivity index (χ2n) is 6.12. The first kappa shape index (κ1) is 17.2. The summed E-state index contributed by atoms with van der Waals surface area (Å²) in [4.78, 5) is 2.38. The van der Waals surface area contributed by atoms with Crippen molar-refractivity contribution in [2.45, 2.75) is 32.5 Å². The summed E-state index contributed by atoms with van der Waals surface area (Å²) < 4.78 is 13.4. The van der Waals surface area contributed by atoms with Crippen LogP contribution in [0.5, 0.6) is 0 Å². The summed E-state index contributed by atoms with van der Waals surface area (Å²) in [6.45, 7) is 3.11. The van der Waals surface area contributed by atoms with Crippen LogP contribution in [0.15, 0.2) is 36.4 Å². The van der Waals surface area contributed by atoms with Crippen molar-refractivity contribution in [2.75, 3.05) is 18.0 Å². The quantitative estimate of drug-likeness (QED) is 0.832. The summed E-state index contributed by atoms with van der Waals surface area (Å²) in [5.74, 6) is -0.372. The van der Waals surface area contributed by atoms with Crippen molar-refractivity contribution < 1.29 is 9.50 Å². The van der Waals surface area contributed by atoms with Gasteiger partial charge in [0.05, 0.1) is 6.61 Å². The van der Waals surface area contributed by atoms with Gasteiger partial charge in [0.1, 0.15) is 5.82 Å². The van der Waals surface area contributed by atoms with E-state index in [2.05, 4.69) is 16.3 Å². The fourth-order valence-corrected chi connectivity index (χ4v) is 3.40. The van der Waals surface area contributed by atoms with Gasteiger partial charge in [-0.25, -0.2) is 4.39 Å². The number of hydrogen-bond donors (Lipinski definition) is 2. The zero-order chi connectivity index (χ0) is 16.9. The number of halogens is 2. The van der Waals surface area contributed by atoms with Crippen LogP contribution in [0, 0.1) is 5.82 Å². The first-order chi connectivity index (χ1) is 11.7. The van der Waals surface area contributed by atoms with E-state index in [-0.39, 0.29) is 12.4 Å². The van der Waals surface area contributed by atoms with Gasteiger partial charge in [-0.15, -0.1) is 0 Å².